The van der Waals surface area contributed by atoms with Crippen molar-refractivity contribution in [2.75, 3.05) is 0 Å². The second kappa shape index (κ2) is 5.33. The number of alkyl halides is 3. The molecule has 5 heteroatoms. The van der Waals surface area contributed by atoms with E-state index >= 15 is 0 Å². The molecule has 0 aliphatic carbocycles. The number of carbonyl (C=O) groups excluding carboxylic acids is 1. The summed E-state index contributed by atoms with van der Waals surface area (Å²) in [5.41, 5.74) is 0.913. The number of benzene rings is 2. The Balaban J connectivity index is 1.97. The SMILES string of the molecule is O=CC1=Cc2ccccc2O[C@@H]1c1ccc(C(F)(F)F)cc1. The zero-order valence-corrected chi connectivity index (χ0v) is 11.3. The van der Waals surface area contributed by atoms with Gasteiger partial charge in [-0.1, -0.05) is 30.3 Å². The van der Waals surface area contributed by atoms with Crippen LogP contribution in [0.5, 0.6) is 5.75 Å². The van der Waals surface area contributed by atoms with Crippen LogP contribution in [0.2, 0.25) is 0 Å². The summed E-state index contributed by atoms with van der Waals surface area (Å²) in [6.45, 7) is 0. The van der Waals surface area contributed by atoms with Crippen LogP contribution in [0.4, 0.5) is 13.2 Å². The van der Waals surface area contributed by atoms with Crippen molar-refractivity contribution in [3.05, 3.63) is 70.8 Å². The molecule has 0 aromatic heterocycles. The predicted octanol–water partition coefficient (Wildman–Crippen LogP) is 4.42. The molecule has 2 nitrogen and oxygen atoms in total. The highest BCUT2D eigenvalue weighted by Gasteiger charge is 2.31. The molecule has 0 saturated carbocycles. The number of hydrogen-bond acceptors (Lipinski definition) is 2. The molecular formula is C17H11F3O2. The van der Waals surface area contributed by atoms with E-state index in [1.807, 2.05) is 12.1 Å². The predicted molar refractivity (Wildman–Crippen MR) is 75.3 cm³/mol. The van der Waals surface area contributed by atoms with Gasteiger partial charge in [0.25, 0.3) is 0 Å². The summed E-state index contributed by atoms with van der Waals surface area (Å²) < 4.78 is 43.6. The standard InChI is InChI=1S/C17H11F3O2/c18-17(19,20)14-7-5-11(6-8-14)16-13(10-21)9-12-3-1-2-4-15(12)22-16/h1-10,16H/t16-/m1/s1. The minimum absolute atomic E-state index is 0.374. The van der Waals surface area contributed by atoms with E-state index in [9.17, 15) is 18.0 Å². The van der Waals surface area contributed by atoms with E-state index in [4.69, 9.17) is 4.74 Å². The first kappa shape index (κ1) is 14.4. The highest BCUT2D eigenvalue weighted by atomic mass is 19.4. The summed E-state index contributed by atoms with van der Waals surface area (Å²) in [4.78, 5) is 11.3. The van der Waals surface area contributed by atoms with Crippen LogP contribution < -0.4 is 4.74 Å². The third kappa shape index (κ3) is 2.62. The van der Waals surface area contributed by atoms with E-state index in [0.29, 0.717) is 23.2 Å². The minimum atomic E-state index is -4.39. The molecule has 112 valence electrons. The van der Waals surface area contributed by atoms with Crippen LogP contribution >= 0.6 is 0 Å². The van der Waals surface area contributed by atoms with Gasteiger partial charge in [-0.15, -0.1) is 0 Å². The molecule has 22 heavy (non-hydrogen) atoms. The van der Waals surface area contributed by atoms with Crippen LogP contribution in [0.1, 0.15) is 22.8 Å². The maximum absolute atomic E-state index is 12.6. The monoisotopic (exact) mass is 304 g/mol. The summed E-state index contributed by atoms with van der Waals surface area (Å²) in [5, 5.41) is 0. The molecule has 0 spiro atoms. The normalized spacial score (nSPS) is 17.2. The fourth-order valence-corrected chi connectivity index (χ4v) is 2.36. The Morgan fingerprint density at radius 2 is 1.68 bits per heavy atom. The molecule has 1 heterocycles. The average molecular weight is 304 g/mol. The van der Waals surface area contributed by atoms with Crippen molar-refractivity contribution in [1.29, 1.82) is 0 Å². The highest BCUT2D eigenvalue weighted by molar-refractivity contribution is 5.85. The molecule has 0 fully saturated rings. The summed E-state index contributed by atoms with van der Waals surface area (Å²) in [6, 6.07) is 11.8. The number of rotatable bonds is 2. The summed E-state index contributed by atoms with van der Waals surface area (Å²) in [6.07, 6.45) is -2.73. The molecule has 1 aliphatic heterocycles. The number of carbonyl (C=O) groups is 1. The molecule has 3 rings (SSSR count). The van der Waals surface area contributed by atoms with Gasteiger partial charge in [0.1, 0.15) is 12.0 Å². The van der Waals surface area contributed by atoms with E-state index in [1.165, 1.54) is 12.1 Å². The van der Waals surface area contributed by atoms with Gasteiger partial charge in [-0.25, -0.2) is 0 Å². The Kier molecular flexibility index (Phi) is 3.48. The second-order valence-corrected chi connectivity index (χ2v) is 4.92. The molecular weight excluding hydrogens is 293 g/mol. The van der Waals surface area contributed by atoms with Crippen molar-refractivity contribution in [2.24, 2.45) is 0 Å². The fraction of sp³-hybridized carbons (Fsp3) is 0.118. The van der Waals surface area contributed by atoms with E-state index in [1.54, 1.807) is 18.2 Å². The first-order valence-electron chi connectivity index (χ1n) is 6.58. The van der Waals surface area contributed by atoms with Crippen molar-refractivity contribution in [3.63, 3.8) is 0 Å². The summed E-state index contributed by atoms with van der Waals surface area (Å²) in [5.74, 6) is 0.595. The zero-order chi connectivity index (χ0) is 15.7. The third-order valence-corrected chi connectivity index (χ3v) is 3.47. The highest BCUT2D eigenvalue weighted by Crippen LogP contribution is 2.37. The van der Waals surface area contributed by atoms with Crippen LogP contribution in [-0.2, 0) is 11.0 Å². The first-order valence-corrected chi connectivity index (χ1v) is 6.58. The molecule has 0 N–H and O–H groups in total. The number of fused-ring (bicyclic) bond motifs is 1. The summed E-state index contributed by atoms with van der Waals surface area (Å²) in [7, 11) is 0. The van der Waals surface area contributed by atoms with Gasteiger partial charge >= 0.3 is 6.18 Å². The van der Waals surface area contributed by atoms with Crippen molar-refractivity contribution >= 4 is 12.4 Å². The number of hydrogen-bond donors (Lipinski definition) is 0. The number of halogens is 3. The molecule has 0 unspecified atom stereocenters. The molecule has 0 bridgehead atoms. The van der Waals surface area contributed by atoms with E-state index in [-0.39, 0.29) is 0 Å². The average Bonchev–Trinajstić information content (AvgIpc) is 2.53. The number of aldehydes is 1. The zero-order valence-electron chi connectivity index (χ0n) is 11.3. The molecule has 0 saturated heterocycles. The smallest absolute Gasteiger partial charge is 0.416 e. The van der Waals surface area contributed by atoms with Crippen LogP contribution in [0.3, 0.4) is 0 Å². The van der Waals surface area contributed by atoms with E-state index in [0.717, 1.165) is 17.7 Å². The lowest BCUT2D eigenvalue weighted by Gasteiger charge is -2.25. The Hall–Kier alpha value is -2.56. The first-order chi connectivity index (χ1) is 10.5. The Bertz CT molecular complexity index is 730. The lowest BCUT2D eigenvalue weighted by atomic mass is 9.96. The van der Waals surface area contributed by atoms with Gasteiger partial charge in [-0.05, 0) is 29.8 Å². The van der Waals surface area contributed by atoms with Crippen LogP contribution in [-0.4, -0.2) is 6.29 Å². The maximum atomic E-state index is 12.6. The van der Waals surface area contributed by atoms with Gasteiger partial charge < -0.3 is 4.74 Å². The van der Waals surface area contributed by atoms with E-state index < -0.39 is 17.8 Å². The van der Waals surface area contributed by atoms with Crippen molar-refractivity contribution in [1.82, 2.24) is 0 Å². The number of ether oxygens (including phenoxy) is 1. The lowest BCUT2D eigenvalue weighted by Crippen LogP contribution is -2.16. The molecule has 0 amide bonds. The van der Waals surface area contributed by atoms with Crippen molar-refractivity contribution in [3.8, 4) is 5.75 Å². The molecule has 1 aliphatic rings. The van der Waals surface area contributed by atoms with Gasteiger partial charge in [-0.2, -0.15) is 13.2 Å². The number of para-hydroxylation sites is 1. The maximum Gasteiger partial charge on any atom is 0.416 e. The quantitative estimate of drug-likeness (QED) is 0.768. The van der Waals surface area contributed by atoms with Crippen LogP contribution in [0, 0.1) is 0 Å². The Labute approximate surface area is 124 Å². The van der Waals surface area contributed by atoms with Gasteiger partial charge in [0, 0.05) is 11.1 Å². The molecule has 0 radical (unpaired) electrons. The van der Waals surface area contributed by atoms with Gasteiger partial charge in [0.05, 0.1) is 5.56 Å². The Morgan fingerprint density at radius 3 is 2.32 bits per heavy atom. The second-order valence-electron chi connectivity index (χ2n) is 4.92. The third-order valence-electron chi connectivity index (χ3n) is 3.47. The molecule has 2 aromatic rings. The van der Waals surface area contributed by atoms with Crippen molar-refractivity contribution < 1.29 is 22.7 Å². The topological polar surface area (TPSA) is 26.3 Å². The minimum Gasteiger partial charge on any atom is -0.480 e. The van der Waals surface area contributed by atoms with Gasteiger partial charge in [0.2, 0.25) is 0 Å². The Morgan fingerprint density at radius 1 is 1.00 bits per heavy atom. The van der Waals surface area contributed by atoms with E-state index in [2.05, 4.69) is 0 Å². The molecule has 2 aromatic carbocycles. The largest absolute Gasteiger partial charge is 0.480 e. The van der Waals surface area contributed by atoms with Crippen LogP contribution in [0.15, 0.2) is 54.1 Å². The molecule has 1 atom stereocenters. The van der Waals surface area contributed by atoms with Crippen LogP contribution in [0.25, 0.3) is 6.08 Å². The fourth-order valence-electron chi connectivity index (χ4n) is 2.36. The van der Waals surface area contributed by atoms with Gasteiger partial charge in [-0.3, -0.25) is 4.79 Å². The van der Waals surface area contributed by atoms with Crippen molar-refractivity contribution in [2.45, 2.75) is 12.3 Å². The van der Waals surface area contributed by atoms with Gasteiger partial charge in [0.15, 0.2) is 6.10 Å². The summed E-state index contributed by atoms with van der Waals surface area (Å²) >= 11 is 0. The lowest BCUT2D eigenvalue weighted by molar-refractivity contribution is -0.137.